The van der Waals surface area contributed by atoms with Crippen molar-refractivity contribution in [3.8, 4) is 11.4 Å². The standard InChI is InChI=1S/C16H16N4O3S/c1-10-13(6-7-23-10)14-18-19-16(20(14)17)24-9-11-4-3-5-12(8-11)15(21)22-2/h3-8H,9,17H2,1-2H3. The molecule has 7 nitrogen and oxygen atoms in total. The highest BCUT2D eigenvalue weighted by Gasteiger charge is 2.16. The topological polar surface area (TPSA) is 96.2 Å². The molecular weight excluding hydrogens is 328 g/mol. The van der Waals surface area contributed by atoms with Gasteiger partial charge in [-0.2, -0.15) is 0 Å². The number of hydrogen-bond donors (Lipinski definition) is 1. The summed E-state index contributed by atoms with van der Waals surface area (Å²) in [4.78, 5) is 11.6. The van der Waals surface area contributed by atoms with Gasteiger partial charge in [0.1, 0.15) is 5.76 Å². The zero-order valence-corrected chi connectivity index (χ0v) is 14.0. The summed E-state index contributed by atoms with van der Waals surface area (Å²) < 4.78 is 11.4. The maximum absolute atomic E-state index is 11.6. The fourth-order valence-electron chi connectivity index (χ4n) is 2.23. The Hall–Kier alpha value is -2.74. The van der Waals surface area contributed by atoms with Crippen LogP contribution in [0.2, 0.25) is 0 Å². The lowest BCUT2D eigenvalue weighted by molar-refractivity contribution is 0.0600. The summed E-state index contributed by atoms with van der Waals surface area (Å²) in [5, 5.41) is 8.82. The summed E-state index contributed by atoms with van der Waals surface area (Å²) >= 11 is 1.43. The number of hydrogen-bond acceptors (Lipinski definition) is 7. The van der Waals surface area contributed by atoms with Crippen molar-refractivity contribution in [3.05, 3.63) is 53.5 Å². The summed E-state index contributed by atoms with van der Waals surface area (Å²) in [7, 11) is 1.36. The third-order valence-corrected chi connectivity index (χ3v) is 4.49. The molecule has 24 heavy (non-hydrogen) atoms. The molecule has 0 atom stereocenters. The maximum atomic E-state index is 11.6. The first-order chi connectivity index (χ1) is 11.6. The Kier molecular flexibility index (Phi) is 4.57. The number of methoxy groups -OCH3 is 1. The Morgan fingerprint density at radius 2 is 2.21 bits per heavy atom. The fraction of sp³-hybridized carbons (Fsp3) is 0.188. The van der Waals surface area contributed by atoms with Crippen molar-refractivity contribution >= 4 is 17.7 Å². The second kappa shape index (κ2) is 6.79. The smallest absolute Gasteiger partial charge is 0.337 e. The number of nitrogens with zero attached hydrogens (tertiary/aromatic N) is 3. The highest BCUT2D eigenvalue weighted by Crippen LogP contribution is 2.26. The highest BCUT2D eigenvalue weighted by molar-refractivity contribution is 7.98. The van der Waals surface area contributed by atoms with Crippen molar-refractivity contribution in [1.82, 2.24) is 14.9 Å². The normalized spacial score (nSPS) is 10.8. The largest absolute Gasteiger partial charge is 0.469 e. The Morgan fingerprint density at radius 1 is 1.38 bits per heavy atom. The van der Waals surface area contributed by atoms with E-state index in [1.807, 2.05) is 19.1 Å². The second-order valence-electron chi connectivity index (χ2n) is 5.05. The van der Waals surface area contributed by atoms with Crippen molar-refractivity contribution in [2.75, 3.05) is 13.0 Å². The molecule has 8 heteroatoms. The van der Waals surface area contributed by atoms with Gasteiger partial charge in [-0.25, -0.2) is 9.47 Å². The molecule has 2 heterocycles. The van der Waals surface area contributed by atoms with E-state index in [0.717, 1.165) is 16.9 Å². The summed E-state index contributed by atoms with van der Waals surface area (Å²) in [5.41, 5.74) is 2.29. The summed E-state index contributed by atoms with van der Waals surface area (Å²) in [5.74, 6) is 7.61. The lowest BCUT2D eigenvalue weighted by Gasteiger charge is -2.05. The molecule has 0 saturated heterocycles. The predicted molar refractivity (Wildman–Crippen MR) is 90.0 cm³/mol. The lowest BCUT2D eigenvalue weighted by atomic mass is 10.1. The average molecular weight is 344 g/mol. The van der Waals surface area contributed by atoms with Crippen LogP contribution in [0.5, 0.6) is 0 Å². The maximum Gasteiger partial charge on any atom is 0.337 e. The first kappa shape index (κ1) is 16.1. The van der Waals surface area contributed by atoms with E-state index in [0.29, 0.717) is 22.3 Å². The molecule has 0 aliphatic carbocycles. The van der Waals surface area contributed by atoms with Crippen LogP contribution in [0.25, 0.3) is 11.4 Å². The van der Waals surface area contributed by atoms with Crippen LogP contribution >= 0.6 is 11.8 Å². The van der Waals surface area contributed by atoms with Crippen LogP contribution in [-0.2, 0) is 10.5 Å². The van der Waals surface area contributed by atoms with Gasteiger partial charge in [0.05, 0.1) is 24.5 Å². The van der Waals surface area contributed by atoms with Gasteiger partial charge >= 0.3 is 5.97 Å². The van der Waals surface area contributed by atoms with Crippen LogP contribution in [0.4, 0.5) is 0 Å². The Morgan fingerprint density at radius 3 is 2.92 bits per heavy atom. The Bertz CT molecular complexity index is 872. The van der Waals surface area contributed by atoms with E-state index in [1.54, 1.807) is 24.5 Å². The fourth-order valence-corrected chi connectivity index (χ4v) is 3.03. The molecule has 3 rings (SSSR count). The van der Waals surface area contributed by atoms with Gasteiger partial charge in [-0.3, -0.25) is 0 Å². The summed E-state index contributed by atoms with van der Waals surface area (Å²) in [6, 6.07) is 9.05. The van der Waals surface area contributed by atoms with Crippen molar-refractivity contribution in [2.45, 2.75) is 17.8 Å². The quantitative estimate of drug-likeness (QED) is 0.432. The monoisotopic (exact) mass is 344 g/mol. The van der Waals surface area contributed by atoms with E-state index in [2.05, 4.69) is 10.2 Å². The number of ether oxygens (including phenoxy) is 1. The van der Waals surface area contributed by atoms with E-state index in [4.69, 9.17) is 15.0 Å². The highest BCUT2D eigenvalue weighted by atomic mass is 32.2. The first-order valence-electron chi connectivity index (χ1n) is 7.15. The molecule has 0 spiro atoms. The molecule has 3 aromatic rings. The minimum absolute atomic E-state index is 0.360. The first-order valence-corrected chi connectivity index (χ1v) is 8.13. The van der Waals surface area contributed by atoms with Gasteiger partial charge in [0.25, 0.3) is 0 Å². The number of nitrogens with two attached hydrogens (primary N) is 1. The van der Waals surface area contributed by atoms with Gasteiger partial charge in [-0.15, -0.1) is 10.2 Å². The van der Waals surface area contributed by atoms with Gasteiger partial charge in [0.2, 0.25) is 5.16 Å². The number of carbonyl (C=O) groups is 1. The van der Waals surface area contributed by atoms with Crippen LogP contribution in [0, 0.1) is 6.92 Å². The SMILES string of the molecule is COC(=O)c1cccc(CSc2nnc(-c3ccoc3C)n2N)c1. The van der Waals surface area contributed by atoms with Gasteiger partial charge in [-0.05, 0) is 30.7 Å². The van der Waals surface area contributed by atoms with Crippen LogP contribution in [-0.4, -0.2) is 28.0 Å². The summed E-state index contributed by atoms with van der Waals surface area (Å²) in [6.07, 6.45) is 1.59. The van der Waals surface area contributed by atoms with E-state index in [9.17, 15) is 4.79 Å². The number of rotatable bonds is 5. The third-order valence-electron chi connectivity index (χ3n) is 3.48. The molecule has 2 N–H and O–H groups in total. The lowest BCUT2D eigenvalue weighted by Crippen LogP contribution is -2.11. The van der Waals surface area contributed by atoms with E-state index >= 15 is 0 Å². The van der Waals surface area contributed by atoms with Gasteiger partial charge in [0.15, 0.2) is 5.82 Å². The number of nitrogen functional groups attached to an aromatic ring is 1. The molecule has 0 aliphatic rings. The Balaban J connectivity index is 1.75. The molecule has 124 valence electrons. The number of esters is 1. The van der Waals surface area contributed by atoms with Crippen molar-refractivity contribution in [3.63, 3.8) is 0 Å². The number of furan rings is 1. The molecule has 0 saturated carbocycles. The van der Waals surface area contributed by atoms with Crippen molar-refractivity contribution in [1.29, 1.82) is 0 Å². The second-order valence-corrected chi connectivity index (χ2v) is 5.99. The van der Waals surface area contributed by atoms with Crippen LogP contribution in [0.3, 0.4) is 0 Å². The molecule has 0 radical (unpaired) electrons. The zero-order valence-electron chi connectivity index (χ0n) is 13.2. The number of thioether (sulfide) groups is 1. The molecule has 1 aromatic carbocycles. The van der Waals surface area contributed by atoms with Crippen LogP contribution in [0.1, 0.15) is 21.7 Å². The molecule has 0 bridgehead atoms. The number of carbonyl (C=O) groups excluding carboxylic acids is 1. The van der Waals surface area contributed by atoms with Gasteiger partial charge < -0.3 is 15.0 Å². The Labute approximate surface area is 142 Å². The zero-order chi connectivity index (χ0) is 17.1. The minimum atomic E-state index is -0.360. The van der Waals surface area contributed by atoms with E-state index in [-0.39, 0.29) is 5.97 Å². The number of aryl methyl sites for hydroxylation is 1. The predicted octanol–water partition coefficient (Wildman–Crippen LogP) is 2.64. The summed E-state index contributed by atoms with van der Waals surface area (Å²) in [6.45, 7) is 1.84. The number of aromatic nitrogens is 3. The third kappa shape index (κ3) is 3.13. The molecule has 0 amide bonds. The minimum Gasteiger partial charge on any atom is -0.469 e. The molecule has 0 unspecified atom stereocenters. The van der Waals surface area contributed by atoms with Gasteiger partial charge in [-0.1, -0.05) is 23.9 Å². The van der Waals surface area contributed by atoms with Crippen LogP contribution in [0.15, 0.2) is 46.2 Å². The van der Waals surface area contributed by atoms with Gasteiger partial charge in [0, 0.05) is 5.75 Å². The van der Waals surface area contributed by atoms with Crippen molar-refractivity contribution in [2.24, 2.45) is 0 Å². The molecule has 0 aliphatic heterocycles. The van der Waals surface area contributed by atoms with E-state index in [1.165, 1.54) is 23.5 Å². The van der Waals surface area contributed by atoms with Crippen molar-refractivity contribution < 1.29 is 13.9 Å². The molecular formula is C16H16N4O3S. The number of benzene rings is 1. The average Bonchev–Trinajstić information content (AvgIpc) is 3.18. The van der Waals surface area contributed by atoms with Crippen LogP contribution < -0.4 is 5.84 Å². The molecule has 2 aromatic heterocycles. The molecule has 0 fully saturated rings. The van der Waals surface area contributed by atoms with E-state index < -0.39 is 0 Å².